The van der Waals surface area contributed by atoms with Gasteiger partial charge in [-0.15, -0.1) is 0 Å². The Bertz CT molecular complexity index is 674. The SMILES string of the molecule is O=S(=O)(C(F)(F)F)C(Br)(S(=O)(=O)C(F)(F)F)S(=O)(=O)C(F)(F)F. The first-order chi connectivity index (χ1) is 9.50. The minimum Gasteiger partial charge on any atom is -0.216 e. The van der Waals surface area contributed by atoms with Crippen molar-refractivity contribution in [3.63, 3.8) is 0 Å². The van der Waals surface area contributed by atoms with Crippen LogP contribution in [0.4, 0.5) is 39.5 Å². The van der Waals surface area contributed by atoms with Crippen molar-refractivity contribution in [2.24, 2.45) is 0 Å². The monoisotopic (exact) mass is 490 g/mol. The third-order valence-electron chi connectivity index (χ3n) is 1.88. The molecule has 0 heterocycles. The van der Waals surface area contributed by atoms with E-state index < -0.39 is 48.4 Å². The predicted molar refractivity (Wildman–Crippen MR) is 56.6 cm³/mol. The third-order valence-corrected chi connectivity index (χ3v) is 13.4. The van der Waals surface area contributed by atoms with Crippen molar-refractivity contribution < 1.29 is 64.8 Å². The predicted octanol–water partition coefficient (Wildman–Crippen LogP) is 1.80. The molecule has 0 N–H and O–H groups in total. The van der Waals surface area contributed by atoms with Crippen LogP contribution in [0.25, 0.3) is 0 Å². The van der Waals surface area contributed by atoms with Crippen molar-refractivity contribution in [1.29, 1.82) is 0 Å². The molecule has 0 aromatic carbocycles. The highest BCUT2D eigenvalue weighted by molar-refractivity contribution is 9.15. The summed E-state index contributed by atoms with van der Waals surface area (Å²) in [6.45, 7) is 0. The molecule has 140 valence electrons. The van der Waals surface area contributed by atoms with Crippen LogP contribution in [0.15, 0.2) is 0 Å². The van der Waals surface area contributed by atoms with Crippen LogP contribution < -0.4 is 0 Å². The summed E-state index contributed by atoms with van der Waals surface area (Å²) in [5, 5.41) is 0. The molecule has 0 radical (unpaired) electrons. The maximum absolute atomic E-state index is 12.3. The van der Waals surface area contributed by atoms with Gasteiger partial charge in [-0.1, -0.05) is 0 Å². The topological polar surface area (TPSA) is 102 Å². The molecule has 6 nitrogen and oxygen atoms in total. The summed E-state index contributed by atoms with van der Waals surface area (Å²) in [6.07, 6.45) is 0. The van der Waals surface area contributed by atoms with Gasteiger partial charge < -0.3 is 0 Å². The normalized spacial score (nSPS) is 16.4. The number of hydrogen-bond donors (Lipinski definition) is 0. The maximum Gasteiger partial charge on any atom is 0.500 e. The maximum atomic E-state index is 12.3. The second-order valence-electron chi connectivity index (χ2n) is 3.33. The molecule has 0 saturated heterocycles. The van der Waals surface area contributed by atoms with Crippen molar-refractivity contribution in [3.8, 4) is 0 Å². The molecule has 0 fully saturated rings. The van der Waals surface area contributed by atoms with Crippen LogP contribution in [0, 0.1) is 0 Å². The van der Waals surface area contributed by atoms with Crippen LogP contribution in [0.1, 0.15) is 0 Å². The summed E-state index contributed by atoms with van der Waals surface area (Å²) in [7, 11) is -24.4. The van der Waals surface area contributed by atoms with Gasteiger partial charge in [0.05, 0.1) is 0 Å². The zero-order valence-electron chi connectivity index (χ0n) is 9.45. The van der Waals surface area contributed by atoms with E-state index in [0.29, 0.717) is 15.9 Å². The van der Waals surface area contributed by atoms with E-state index in [1.807, 2.05) is 0 Å². The van der Waals surface area contributed by atoms with E-state index in [-0.39, 0.29) is 0 Å². The first-order valence-corrected chi connectivity index (χ1v) is 9.36. The lowest BCUT2D eigenvalue weighted by Crippen LogP contribution is -2.59. The molecule has 0 aromatic heterocycles. The van der Waals surface area contributed by atoms with Gasteiger partial charge in [-0.2, -0.15) is 39.5 Å². The van der Waals surface area contributed by atoms with E-state index in [1.54, 1.807) is 0 Å². The van der Waals surface area contributed by atoms with Crippen molar-refractivity contribution in [2.75, 3.05) is 0 Å². The van der Waals surface area contributed by atoms with E-state index in [1.165, 1.54) is 0 Å². The van der Waals surface area contributed by atoms with Crippen molar-refractivity contribution >= 4 is 45.4 Å². The Labute approximate surface area is 129 Å². The van der Waals surface area contributed by atoms with E-state index in [0.717, 1.165) is 0 Å². The highest BCUT2D eigenvalue weighted by Crippen LogP contribution is 2.54. The lowest BCUT2D eigenvalue weighted by Gasteiger charge is -2.28. The second kappa shape index (κ2) is 5.35. The highest BCUT2D eigenvalue weighted by Gasteiger charge is 2.82. The van der Waals surface area contributed by atoms with E-state index in [9.17, 15) is 64.8 Å². The fourth-order valence-corrected chi connectivity index (χ4v) is 8.50. The summed E-state index contributed by atoms with van der Waals surface area (Å²) >= 11 is 0.534. The molecule has 0 aliphatic carbocycles. The first-order valence-electron chi connectivity index (χ1n) is 4.11. The fourth-order valence-electron chi connectivity index (χ4n) is 0.848. The zero-order chi connectivity index (χ0) is 19.5. The molecule has 0 aliphatic heterocycles. The summed E-state index contributed by atoms with van der Waals surface area (Å²) in [6, 6.07) is 0. The number of rotatable bonds is 3. The molecule has 0 saturated carbocycles. The van der Waals surface area contributed by atoms with Crippen LogP contribution in [0.2, 0.25) is 0 Å². The van der Waals surface area contributed by atoms with Crippen LogP contribution in [0.3, 0.4) is 0 Å². The van der Waals surface area contributed by atoms with Gasteiger partial charge in [-0.05, 0) is 15.9 Å². The molecular formula is C4BrF9O6S3. The van der Waals surface area contributed by atoms with Gasteiger partial charge in [-0.3, -0.25) is 0 Å². The summed E-state index contributed by atoms with van der Waals surface area (Å²) in [4.78, 5) is 0. The largest absolute Gasteiger partial charge is 0.500 e. The van der Waals surface area contributed by atoms with Crippen LogP contribution in [-0.2, 0) is 29.5 Å². The average Bonchev–Trinajstić information content (AvgIpc) is 2.22. The molecular weight excluding hydrogens is 491 g/mol. The fraction of sp³-hybridized carbons (Fsp3) is 1.00. The smallest absolute Gasteiger partial charge is 0.216 e. The lowest BCUT2D eigenvalue weighted by molar-refractivity contribution is -0.0495. The Kier molecular flexibility index (Phi) is 5.28. The minimum atomic E-state index is -8.12. The van der Waals surface area contributed by atoms with Gasteiger partial charge in [-0.25, -0.2) is 25.3 Å². The molecule has 23 heavy (non-hydrogen) atoms. The standard InChI is InChI=1S/C4BrF9O6S3/c5-1(21(15,16)2(6,7)8,22(17,18)3(9,10)11)23(19,20)4(12,13)14. The average molecular weight is 491 g/mol. The van der Waals surface area contributed by atoms with Gasteiger partial charge >= 0.3 is 18.8 Å². The molecule has 0 spiro atoms. The Balaban J connectivity index is 7.45. The molecule has 0 aromatic rings. The quantitative estimate of drug-likeness (QED) is 0.441. The number of hydrogen-bond acceptors (Lipinski definition) is 6. The Morgan fingerprint density at radius 1 is 0.478 bits per heavy atom. The number of sulfone groups is 3. The van der Waals surface area contributed by atoms with Crippen molar-refractivity contribution in [1.82, 2.24) is 0 Å². The first kappa shape index (κ1) is 22.7. The summed E-state index contributed by atoms with van der Waals surface area (Å²) < 4.78 is 170. The van der Waals surface area contributed by atoms with E-state index in [2.05, 4.69) is 0 Å². The summed E-state index contributed by atoms with van der Waals surface area (Å²) in [5.74, 6) is 0. The molecule has 0 bridgehead atoms. The van der Waals surface area contributed by atoms with Crippen LogP contribution in [-0.4, -0.2) is 44.1 Å². The number of halogens is 10. The second-order valence-corrected chi connectivity index (χ2v) is 13.1. The van der Waals surface area contributed by atoms with Crippen molar-refractivity contribution in [3.05, 3.63) is 0 Å². The van der Waals surface area contributed by atoms with Gasteiger partial charge in [0.2, 0.25) is 0 Å². The van der Waals surface area contributed by atoms with Gasteiger partial charge in [0, 0.05) is 0 Å². The van der Waals surface area contributed by atoms with Crippen molar-refractivity contribution in [2.45, 2.75) is 18.8 Å². The van der Waals surface area contributed by atoms with Gasteiger partial charge in [0.15, 0.2) is 0 Å². The van der Waals surface area contributed by atoms with E-state index in [4.69, 9.17) is 0 Å². The third kappa shape index (κ3) is 2.92. The molecule has 0 aliphatic rings. The summed E-state index contributed by atoms with van der Waals surface area (Å²) in [5.41, 5.74) is -21.3. The Morgan fingerprint density at radius 3 is 0.696 bits per heavy atom. The van der Waals surface area contributed by atoms with Crippen LogP contribution in [0.5, 0.6) is 0 Å². The molecule has 0 unspecified atom stereocenters. The highest BCUT2D eigenvalue weighted by atomic mass is 79.9. The van der Waals surface area contributed by atoms with Gasteiger partial charge in [0.25, 0.3) is 29.5 Å². The minimum absolute atomic E-state index is 0.534. The molecule has 0 atom stereocenters. The molecule has 0 amide bonds. The van der Waals surface area contributed by atoms with E-state index >= 15 is 0 Å². The Hall–Kier alpha value is -0.300. The molecule has 0 rings (SSSR count). The van der Waals surface area contributed by atoms with Gasteiger partial charge in [0.1, 0.15) is 0 Å². The van der Waals surface area contributed by atoms with Crippen LogP contribution >= 0.6 is 15.9 Å². The Morgan fingerprint density at radius 2 is 0.609 bits per heavy atom. The number of alkyl halides is 10. The zero-order valence-corrected chi connectivity index (χ0v) is 13.5. The lowest BCUT2D eigenvalue weighted by atomic mass is 11.5. The molecule has 19 heteroatoms.